The second-order valence-corrected chi connectivity index (χ2v) is 6.22. The second-order valence-electron chi connectivity index (χ2n) is 4.89. The SMILES string of the molecule is Oc1ccc(/C=N/n2c(SCc3ccccc3)n[nH]c2=S)cc1O. The van der Waals surface area contributed by atoms with Crippen LogP contribution >= 0.6 is 24.0 Å². The van der Waals surface area contributed by atoms with E-state index in [2.05, 4.69) is 15.3 Å². The third-order valence-electron chi connectivity index (χ3n) is 3.15. The van der Waals surface area contributed by atoms with Crippen molar-refractivity contribution in [2.75, 3.05) is 0 Å². The van der Waals surface area contributed by atoms with Crippen LogP contribution in [0, 0.1) is 4.77 Å². The highest BCUT2D eigenvalue weighted by molar-refractivity contribution is 7.98. The number of phenols is 2. The van der Waals surface area contributed by atoms with Gasteiger partial charge in [-0.15, -0.1) is 5.10 Å². The van der Waals surface area contributed by atoms with Gasteiger partial charge in [-0.25, -0.2) is 5.10 Å². The molecule has 6 nitrogen and oxygen atoms in total. The molecule has 3 rings (SSSR count). The molecule has 1 aromatic heterocycles. The fraction of sp³-hybridized carbons (Fsp3) is 0.0625. The Labute approximate surface area is 147 Å². The van der Waals surface area contributed by atoms with Crippen molar-refractivity contribution < 1.29 is 10.2 Å². The average molecular weight is 358 g/mol. The molecule has 8 heteroatoms. The zero-order chi connectivity index (χ0) is 16.9. The van der Waals surface area contributed by atoms with Crippen molar-refractivity contribution in [2.24, 2.45) is 5.10 Å². The molecule has 0 saturated heterocycles. The van der Waals surface area contributed by atoms with Crippen molar-refractivity contribution in [1.29, 1.82) is 0 Å². The largest absolute Gasteiger partial charge is 0.504 e. The van der Waals surface area contributed by atoms with Gasteiger partial charge in [0, 0.05) is 5.75 Å². The molecule has 0 aliphatic carbocycles. The summed E-state index contributed by atoms with van der Waals surface area (Å²) in [6, 6.07) is 14.5. The quantitative estimate of drug-likeness (QED) is 0.281. The Morgan fingerprint density at radius 3 is 2.71 bits per heavy atom. The lowest BCUT2D eigenvalue weighted by Crippen LogP contribution is -1.94. The number of aromatic hydroxyl groups is 2. The van der Waals surface area contributed by atoms with Gasteiger partial charge in [0.1, 0.15) is 0 Å². The van der Waals surface area contributed by atoms with Crippen molar-refractivity contribution >= 4 is 30.2 Å². The standard InChI is InChI=1S/C16H14N4O2S2/c21-13-7-6-12(8-14(13)22)9-17-20-15(23)18-19-16(20)24-10-11-4-2-1-3-5-11/h1-9,21-22H,10H2,(H,18,23)/b17-9+. The van der Waals surface area contributed by atoms with Crippen molar-refractivity contribution in [3.05, 3.63) is 64.4 Å². The maximum atomic E-state index is 9.52. The van der Waals surface area contributed by atoms with Crippen LogP contribution in [-0.2, 0) is 5.75 Å². The fourth-order valence-corrected chi connectivity index (χ4v) is 3.04. The number of nitrogens with zero attached hydrogens (tertiary/aromatic N) is 3. The van der Waals surface area contributed by atoms with Crippen LogP contribution in [0.25, 0.3) is 0 Å². The van der Waals surface area contributed by atoms with Crippen molar-refractivity contribution in [1.82, 2.24) is 14.9 Å². The van der Waals surface area contributed by atoms with Crippen LogP contribution in [0.2, 0.25) is 0 Å². The number of hydrogen-bond acceptors (Lipinski definition) is 6. The van der Waals surface area contributed by atoms with E-state index in [0.29, 0.717) is 15.5 Å². The maximum Gasteiger partial charge on any atom is 0.217 e. The van der Waals surface area contributed by atoms with Gasteiger partial charge in [-0.1, -0.05) is 42.1 Å². The minimum Gasteiger partial charge on any atom is -0.504 e. The van der Waals surface area contributed by atoms with Crippen LogP contribution < -0.4 is 0 Å². The first-order valence-electron chi connectivity index (χ1n) is 7.04. The normalized spacial score (nSPS) is 11.2. The molecule has 0 radical (unpaired) electrons. The van der Waals surface area contributed by atoms with Crippen LogP contribution in [0.1, 0.15) is 11.1 Å². The first-order chi connectivity index (χ1) is 11.6. The molecule has 0 aliphatic heterocycles. The smallest absolute Gasteiger partial charge is 0.217 e. The van der Waals surface area contributed by atoms with E-state index in [-0.39, 0.29) is 11.5 Å². The third kappa shape index (κ3) is 3.84. The van der Waals surface area contributed by atoms with Gasteiger partial charge in [-0.2, -0.15) is 9.78 Å². The minimum atomic E-state index is -0.201. The number of H-pyrrole nitrogens is 1. The van der Waals surface area contributed by atoms with Crippen LogP contribution in [-0.4, -0.2) is 31.3 Å². The van der Waals surface area contributed by atoms with E-state index >= 15 is 0 Å². The van der Waals surface area contributed by atoms with Gasteiger partial charge in [0.15, 0.2) is 11.5 Å². The van der Waals surface area contributed by atoms with E-state index in [9.17, 15) is 10.2 Å². The van der Waals surface area contributed by atoms with E-state index in [4.69, 9.17) is 12.2 Å². The number of phenolic OH excluding ortho intramolecular Hbond substituents is 2. The molecule has 122 valence electrons. The summed E-state index contributed by atoms with van der Waals surface area (Å²) in [5.74, 6) is 0.371. The number of thioether (sulfide) groups is 1. The molecule has 3 N–H and O–H groups in total. The van der Waals surface area contributed by atoms with Gasteiger partial charge in [-0.3, -0.25) is 0 Å². The molecule has 0 amide bonds. The van der Waals surface area contributed by atoms with E-state index in [0.717, 1.165) is 5.75 Å². The second kappa shape index (κ2) is 7.33. The Bertz CT molecular complexity index is 919. The van der Waals surface area contributed by atoms with Crippen molar-refractivity contribution in [3.63, 3.8) is 0 Å². The molecular weight excluding hydrogens is 344 g/mol. The predicted octanol–water partition coefficient (Wildman–Crippen LogP) is 3.53. The van der Waals surface area contributed by atoms with E-state index < -0.39 is 0 Å². The number of hydrogen-bond donors (Lipinski definition) is 3. The molecular formula is C16H14N4O2S2. The summed E-state index contributed by atoms with van der Waals surface area (Å²) in [5.41, 5.74) is 1.81. The summed E-state index contributed by atoms with van der Waals surface area (Å²) in [6.07, 6.45) is 1.54. The van der Waals surface area contributed by atoms with Crippen molar-refractivity contribution in [2.45, 2.75) is 10.9 Å². The summed E-state index contributed by atoms with van der Waals surface area (Å²) in [5, 5.41) is 30.7. The Kier molecular flexibility index (Phi) is 4.97. The van der Waals surface area contributed by atoms with Gasteiger partial charge in [-0.05, 0) is 41.5 Å². The number of rotatable bonds is 5. The minimum absolute atomic E-state index is 0.175. The molecule has 0 saturated carbocycles. The first-order valence-corrected chi connectivity index (χ1v) is 8.43. The zero-order valence-electron chi connectivity index (χ0n) is 12.5. The number of aromatic nitrogens is 3. The predicted molar refractivity (Wildman–Crippen MR) is 96.2 cm³/mol. The Balaban J connectivity index is 1.78. The molecule has 0 bridgehead atoms. The molecule has 0 atom stereocenters. The third-order valence-corrected chi connectivity index (χ3v) is 4.42. The highest BCUT2D eigenvalue weighted by Crippen LogP contribution is 2.24. The molecule has 0 fully saturated rings. The zero-order valence-corrected chi connectivity index (χ0v) is 14.1. The summed E-state index contributed by atoms with van der Waals surface area (Å²) in [6.45, 7) is 0. The highest BCUT2D eigenvalue weighted by atomic mass is 32.2. The Morgan fingerprint density at radius 2 is 1.96 bits per heavy atom. The average Bonchev–Trinajstić information content (AvgIpc) is 2.95. The van der Waals surface area contributed by atoms with E-state index in [1.54, 1.807) is 6.07 Å². The number of nitrogens with one attached hydrogen (secondary N) is 1. The molecule has 0 unspecified atom stereocenters. The Hall–Kier alpha value is -2.58. The summed E-state index contributed by atoms with van der Waals surface area (Å²) in [7, 11) is 0. The first kappa shape index (κ1) is 16.3. The van der Waals surface area contributed by atoms with E-state index in [1.165, 1.54) is 40.3 Å². The van der Waals surface area contributed by atoms with Crippen LogP contribution in [0.15, 0.2) is 58.8 Å². The number of benzene rings is 2. The maximum absolute atomic E-state index is 9.52. The van der Waals surface area contributed by atoms with Crippen LogP contribution in [0.3, 0.4) is 0 Å². The Morgan fingerprint density at radius 1 is 1.17 bits per heavy atom. The molecule has 2 aromatic carbocycles. The fourth-order valence-electron chi connectivity index (χ4n) is 1.94. The van der Waals surface area contributed by atoms with Gasteiger partial charge in [0.05, 0.1) is 6.21 Å². The molecule has 0 aliphatic rings. The molecule has 24 heavy (non-hydrogen) atoms. The van der Waals surface area contributed by atoms with E-state index in [1.807, 2.05) is 30.3 Å². The monoisotopic (exact) mass is 358 g/mol. The summed E-state index contributed by atoms with van der Waals surface area (Å²) in [4.78, 5) is 0. The lowest BCUT2D eigenvalue weighted by atomic mass is 10.2. The lowest BCUT2D eigenvalue weighted by molar-refractivity contribution is 0.403. The van der Waals surface area contributed by atoms with Gasteiger partial charge >= 0.3 is 0 Å². The van der Waals surface area contributed by atoms with Crippen molar-refractivity contribution in [3.8, 4) is 11.5 Å². The summed E-state index contributed by atoms with van der Waals surface area (Å²) >= 11 is 6.71. The van der Waals surface area contributed by atoms with Crippen LogP contribution in [0.4, 0.5) is 0 Å². The van der Waals surface area contributed by atoms with Gasteiger partial charge in [0.2, 0.25) is 9.93 Å². The van der Waals surface area contributed by atoms with Gasteiger partial charge in [0.25, 0.3) is 0 Å². The number of aromatic amines is 1. The lowest BCUT2D eigenvalue weighted by Gasteiger charge is -2.02. The van der Waals surface area contributed by atoms with Gasteiger partial charge < -0.3 is 10.2 Å². The summed E-state index contributed by atoms with van der Waals surface area (Å²) < 4.78 is 1.90. The highest BCUT2D eigenvalue weighted by Gasteiger charge is 2.06. The topological polar surface area (TPSA) is 86.4 Å². The molecule has 0 spiro atoms. The molecule has 3 aromatic rings. The molecule has 1 heterocycles. The van der Waals surface area contributed by atoms with Crippen LogP contribution in [0.5, 0.6) is 11.5 Å².